The Labute approximate surface area is 213 Å². The zero-order chi connectivity index (χ0) is 23.9. The molecular formula is C17H22NaO13S2+. The Morgan fingerprint density at radius 2 is 1.64 bits per heavy atom. The van der Waals surface area contributed by atoms with Crippen molar-refractivity contribution < 1.29 is 87.6 Å². The van der Waals surface area contributed by atoms with Gasteiger partial charge in [0.1, 0.15) is 12.2 Å². The van der Waals surface area contributed by atoms with E-state index in [0.29, 0.717) is 0 Å². The van der Waals surface area contributed by atoms with Gasteiger partial charge in [-0.1, -0.05) is 24.3 Å². The van der Waals surface area contributed by atoms with E-state index in [1.807, 2.05) is 0 Å². The maximum Gasteiger partial charge on any atom is 1.00 e. The standard InChI is InChI=1S/C17H22O13S2.Na/c1-3-9-26-10-12-13(29-31(19,20)21)14(28-16(18)11-7-5-4-6-8-11)15(17(25-2)27-12)30-32(22,23)24;/h3-8,12-15,17H,1,9-10H2,2H3,(H,19,20,21)(H,22,23,24);/q;+1/t12-,13-,14+,15+,17+;/m1./s1. The summed E-state index contributed by atoms with van der Waals surface area (Å²) in [6.45, 7) is 3.09. The number of ether oxygens (including phenoxy) is 4. The molecule has 1 aromatic rings. The molecule has 0 saturated carbocycles. The summed E-state index contributed by atoms with van der Waals surface area (Å²) in [6, 6.07) is 7.40. The number of carbonyl (C=O) groups excluding carboxylic acids is 1. The zero-order valence-corrected chi connectivity index (χ0v) is 21.3. The number of hydrogen-bond donors (Lipinski definition) is 2. The monoisotopic (exact) mass is 521 g/mol. The summed E-state index contributed by atoms with van der Waals surface area (Å²) in [5, 5.41) is 0. The van der Waals surface area contributed by atoms with Crippen molar-refractivity contribution >= 4 is 26.8 Å². The molecule has 1 fully saturated rings. The predicted octanol–water partition coefficient (Wildman–Crippen LogP) is -2.83. The fraction of sp³-hybridized carbons (Fsp3) is 0.471. The summed E-state index contributed by atoms with van der Waals surface area (Å²) >= 11 is 0. The molecule has 0 bridgehead atoms. The number of rotatable bonds is 11. The molecule has 0 aliphatic carbocycles. The molecule has 0 spiro atoms. The number of benzene rings is 1. The second-order valence-corrected chi connectivity index (χ2v) is 8.41. The summed E-state index contributed by atoms with van der Waals surface area (Å²) < 4.78 is 94.2. The average Bonchev–Trinajstić information content (AvgIpc) is 2.70. The third kappa shape index (κ3) is 9.67. The van der Waals surface area contributed by atoms with Crippen LogP contribution in [0.15, 0.2) is 43.0 Å². The second kappa shape index (κ2) is 13.2. The zero-order valence-electron chi connectivity index (χ0n) is 17.7. The van der Waals surface area contributed by atoms with Gasteiger partial charge in [-0.15, -0.1) is 6.58 Å². The number of carbonyl (C=O) groups is 1. The van der Waals surface area contributed by atoms with Crippen LogP contribution < -0.4 is 29.6 Å². The number of esters is 1. The van der Waals surface area contributed by atoms with Crippen LogP contribution in [0, 0.1) is 0 Å². The Morgan fingerprint density at radius 1 is 1.06 bits per heavy atom. The van der Waals surface area contributed by atoms with Gasteiger partial charge in [-0.2, -0.15) is 16.8 Å². The van der Waals surface area contributed by atoms with Crippen LogP contribution in [0.2, 0.25) is 0 Å². The molecule has 0 radical (unpaired) electrons. The largest absolute Gasteiger partial charge is 1.00 e. The summed E-state index contributed by atoms with van der Waals surface area (Å²) in [4.78, 5) is 12.6. The van der Waals surface area contributed by atoms with Crippen LogP contribution in [-0.4, -0.2) is 82.9 Å². The molecule has 13 nitrogen and oxygen atoms in total. The Morgan fingerprint density at radius 3 is 2.15 bits per heavy atom. The van der Waals surface area contributed by atoms with Gasteiger partial charge in [-0.3, -0.25) is 9.11 Å². The van der Waals surface area contributed by atoms with Crippen molar-refractivity contribution in [2.24, 2.45) is 0 Å². The van der Waals surface area contributed by atoms with Crippen molar-refractivity contribution in [1.29, 1.82) is 0 Å². The predicted molar refractivity (Wildman–Crippen MR) is 105 cm³/mol. The molecule has 0 unspecified atom stereocenters. The Balaban J connectivity index is 0.00000544. The van der Waals surface area contributed by atoms with Gasteiger partial charge in [0.05, 0.1) is 18.8 Å². The Kier molecular flexibility index (Phi) is 12.1. The van der Waals surface area contributed by atoms with Crippen LogP contribution in [0.3, 0.4) is 0 Å². The maximum absolute atomic E-state index is 12.6. The fourth-order valence-corrected chi connectivity index (χ4v) is 3.86. The van der Waals surface area contributed by atoms with Gasteiger partial charge in [0, 0.05) is 7.11 Å². The van der Waals surface area contributed by atoms with E-state index in [9.17, 15) is 26.2 Å². The topological polar surface area (TPSA) is 181 Å². The van der Waals surface area contributed by atoms with E-state index in [4.69, 9.17) is 23.5 Å². The normalized spacial score (nSPS) is 25.6. The minimum absolute atomic E-state index is 0. The molecule has 0 amide bonds. The van der Waals surface area contributed by atoms with E-state index in [1.54, 1.807) is 6.07 Å². The first-order valence-electron chi connectivity index (χ1n) is 8.89. The van der Waals surface area contributed by atoms with E-state index >= 15 is 0 Å². The smallest absolute Gasteiger partial charge is 0.453 e. The molecule has 2 N–H and O–H groups in total. The molecule has 1 aromatic carbocycles. The summed E-state index contributed by atoms with van der Waals surface area (Å²) in [5.41, 5.74) is 0.0172. The van der Waals surface area contributed by atoms with Crippen LogP contribution >= 0.6 is 0 Å². The van der Waals surface area contributed by atoms with Gasteiger partial charge < -0.3 is 18.9 Å². The van der Waals surface area contributed by atoms with Gasteiger partial charge in [0.25, 0.3) is 0 Å². The van der Waals surface area contributed by atoms with E-state index in [2.05, 4.69) is 14.9 Å². The molecule has 180 valence electrons. The van der Waals surface area contributed by atoms with Crippen molar-refractivity contribution in [2.45, 2.75) is 30.7 Å². The maximum atomic E-state index is 12.6. The molecule has 1 aliphatic heterocycles. The SMILES string of the molecule is C=CCOC[C@H]1O[C@H](OC)[C@@H](OS(=O)(=O)O)[C@@H](OC(=O)c2ccccc2)[C@@H]1OS(=O)(=O)O.[Na+]. The van der Waals surface area contributed by atoms with Gasteiger partial charge in [-0.25, -0.2) is 13.2 Å². The van der Waals surface area contributed by atoms with Crippen LogP contribution in [0.1, 0.15) is 10.4 Å². The molecule has 5 atom stereocenters. The van der Waals surface area contributed by atoms with Crippen molar-refractivity contribution in [2.75, 3.05) is 20.3 Å². The second-order valence-electron chi connectivity index (χ2n) is 6.32. The first kappa shape index (κ1) is 30.1. The van der Waals surface area contributed by atoms with Crippen molar-refractivity contribution in [3.8, 4) is 0 Å². The van der Waals surface area contributed by atoms with Crippen molar-refractivity contribution in [3.05, 3.63) is 48.6 Å². The van der Waals surface area contributed by atoms with Crippen LogP contribution in [-0.2, 0) is 48.1 Å². The van der Waals surface area contributed by atoms with Gasteiger partial charge in [-0.05, 0) is 12.1 Å². The molecule has 1 heterocycles. The third-order valence-corrected chi connectivity index (χ3v) is 4.99. The minimum atomic E-state index is -5.17. The summed E-state index contributed by atoms with van der Waals surface area (Å²) in [5.74, 6) is -1.02. The first-order chi connectivity index (χ1) is 14.9. The van der Waals surface area contributed by atoms with Gasteiger partial charge in [0.2, 0.25) is 0 Å². The third-order valence-electron chi connectivity index (χ3n) is 4.06. The molecule has 16 heteroatoms. The molecule has 1 aliphatic rings. The van der Waals surface area contributed by atoms with E-state index in [0.717, 1.165) is 7.11 Å². The average molecular weight is 521 g/mol. The Bertz CT molecular complexity index is 983. The molecule has 1 saturated heterocycles. The number of hydrogen-bond acceptors (Lipinski definition) is 11. The number of methoxy groups -OCH3 is 1. The van der Waals surface area contributed by atoms with Crippen LogP contribution in [0.25, 0.3) is 0 Å². The van der Waals surface area contributed by atoms with Crippen molar-refractivity contribution in [1.82, 2.24) is 0 Å². The Hall–Kier alpha value is -0.950. The first-order valence-corrected chi connectivity index (χ1v) is 11.6. The molecule has 2 rings (SSSR count). The summed E-state index contributed by atoms with van der Waals surface area (Å²) in [7, 11) is -9.25. The quantitative estimate of drug-likeness (QED) is 0.100. The van der Waals surface area contributed by atoms with Crippen molar-refractivity contribution in [3.63, 3.8) is 0 Å². The summed E-state index contributed by atoms with van der Waals surface area (Å²) in [6.07, 6.45) is -7.24. The van der Waals surface area contributed by atoms with E-state index in [-0.39, 0.29) is 48.3 Å². The van der Waals surface area contributed by atoms with E-state index in [1.165, 1.54) is 30.3 Å². The van der Waals surface area contributed by atoms with Crippen LogP contribution in [0.4, 0.5) is 0 Å². The molecule has 33 heavy (non-hydrogen) atoms. The molecular weight excluding hydrogens is 499 g/mol. The fourth-order valence-electron chi connectivity index (χ4n) is 2.87. The minimum Gasteiger partial charge on any atom is -0.453 e. The van der Waals surface area contributed by atoms with E-state index < -0.39 is 57.5 Å². The van der Waals surface area contributed by atoms with Crippen LogP contribution in [0.5, 0.6) is 0 Å². The van der Waals surface area contributed by atoms with Gasteiger partial charge in [0.15, 0.2) is 18.5 Å². The van der Waals surface area contributed by atoms with Gasteiger partial charge >= 0.3 is 56.3 Å². The molecule has 0 aromatic heterocycles.